The minimum atomic E-state index is -0.0901. The summed E-state index contributed by atoms with van der Waals surface area (Å²) in [6.45, 7) is 2.23. The summed E-state index contributed by atoms with van der Waals surface area (Å²) in [7, 11) is 0. The van der Waals surface area contributed by atoms with Gasteiger partial charge in [0.25, 0.3) is 0 Å². The van der Waals surface area contributed by atoms with Crippen LogP contribution >= 0.6 is 23.2 Å². The number of nitrogen functional groups attached to an aromatic ring is 1. The molecule has 0 aliphatic carbocycles. The molecule has 0 unspecified atom stereocenters. The minimum Gasteiger partial charge on any atom is -0.382 e. The van der Waals surface area contributed by atoms with Gasteiger partial charge < -0.3 is 26.6 Å². The van der Waals surface area contributed by atoms with Gasteiger partial charge in [0.1, 0.15) is 17.2 Å². The first-order chi connectivity index (χ1) is 16.8. The topological polar surface area (TPSA) is 165 Å². The average molecular weight is 520 g/mol. The van der Waals surface area contributed by atoms with Crippen LogP contribution in [0.15, 0.2) is 36.5 Å². The van der Waals surface area contributed by atoms with Crippen molar-refractivity contribution >= 4 is 58.1 Å². The maximum Gasteiger partial charge on any atom is 0.241 e. The molecule has 184 valence electrons. The number of carbonyl (C=O) groups excluding carboxylic acids is 1. The smallest absolute Gasteiger partial charge is 0.241 e. The van der Waals surface area contributed by atoms with Gasteiger partial charge in [-0.15, -0.1) is 5.23 Å². The molecule has 3 aromatic rings. The molecule has 1 fully saturated rings. The van der Waals surface area contributed by atoms with E-state index in [0.717, 1.165) is 0 Å². The third kappa shape index (κ3) is 5.81. The monoisotopic (exact) mass is 519 g/mol. The highest BCUT2D eigenvalue weighted by molar-refractivity contribution is 6.36. The van der Waals surface area contributed by atoms with Crippen molar-refractivity contribution in [2.45, 2.75) is 0 Å². The average Bonchev–Trinajstić information content (AvgIpc) is 2.82. The van der Waals surface area contributed by atoms with Crippen molar-refractivity contribution in [2.75, 3.05) is 59.2 Å². The van der Waals surface area contributed by atoms with Crippen molar-refractivity contribution in [1.29, 1.82) is 0 Å². The van der Waals surface area contributed by atoms with Crippen LogP contribution in [0.25, 0.3) is 11.3 Å². The lowest BCUT2D eigenvalue weighted by Crippen LogP contribution is -2.48. The van der Waals surface area contributed by atoms with Crippen molar-refractivity contribution in [2.24, 2.45) is 0 Å². The fourth-order valence-corrected chi connectivity index (χ4v) is 4.00. The number of aromatic nitrogens is 3. The van der Waals surface area contributed by atoms with E-state index in [-0.39, 0.29) is 29.2 Å². The molecule has 7 N–H and O–H groups in total. The zero-order chi connectivity index (χ0) is 24.9. The van der Waals surface area contributed by atoms with E-state index in [4.69, 9.17) is 39.4 Å². The van der Waals surface area contributed by atoms with E-state index in [9.17, 15) is 4.79 Å². The largest absolute Gasteiger partial charge is 0.382 e. The normalized spacial score (nSPS) is 13.6. The zero-order valence-corrected chi connectivity index (χ0v) is 19.9. The molecule has 0 atom stereocenters. The van der Waals surface area contributed by atoms with Crippen molar-refractivity contribution in [3.8, 4) is 11.3 Å². The van der Waals surface area contributed by atoms with Crippen LogP contribution in [0, 0.1) is 0 Å². The summed E-state index contributed by atoms with van der Waals surface area (Å²) < 4.78 is 0. The summed E-state index contributed by atoms with van der Waals surface area (Å²) in [5.74, 6) is 0.674. The molecule has 35 heavy (non-hydrogen) atoms. The van der Waals surface area contributed by atoms with Crippen LogP contribution in [0.3, 0.4) is 0 Å². The quantitative estimate of drug-likeness (QED) is 0.191. The van der Waals surface area contributed by atoms with Gasteiger partial charge >= 0.3 is 0 Å². The number of piperazine rings is 1. The number of nitrogens with two attached hydrogens (primary N) is 1. The molecule has 14 heteroatoms. The molecule has 1 aliphatic rings. The van der Waals surface area contributed by atoms with Crippen molar-refractivity contribution in [1.82, 2.24) is 20.3 Å². The van der Waals surface area contributed by atoms with Gasteiger partial charge in [-0.2, -0.15) is 0 Å². The molecule has 0 bridgehead atoms. The molecule has 0 spiro atoms. The van der Waals surface area contributed by atoms with Crippen LogP contribution in [0.2, 0.25) is 10.0 Å². The van der Waals surface area contributed by atoms with Crippen LogP contribution in [-0.4, -0.2) is 64.0 Å². The van der Waals surface area contributed by atoms with E-state index in [1.54, 1.807) is 35.4 Å². The van der Waals surface area contributed by atoms with Gasteiger partial charge in [0.05, 0.1) is 23.5 Å². The molecular weight excluding hydrogens is 497 g/mol. The predicted octanol–water partition coefficient (Wildman–Crippen LogP) is 2.47. The molecule has 1 aromatic carbocycles. The van der Waals surface area contributed by atoms with E-state index < -0.39 is 0 Å². The van der Waals surface area contributed by atoms with Crippen LogP contribution in [0.5, 0.6) is 0 Å². The number of amides is 1. The first-order valence-corrected chi connectivity index (χ1v) is 11.3. The van der Waals surface area contributed by atoms with E-state index in [1.165, 1.54) is 6.07 Å². The highest BCUT2D eigenvalue weighted by Crippen LogP contribution is 2.36. The Morgan fingerprint density at radius 3 is 2.66 bits per heavy atom. The SMILES string of the molecule is Nc1nc(NCCNc2ncc(N3CCNCC3=O)c(-c3ccc(Cl)cc3Cl)n2)ccc1N(O)O. The molecule has 3 heterocycles. The van der Waals surface area contributed by atoms with Crippen LogP contribution in [0.1, 0.15) is 0 Å². The first-order valence-electron chi connectivity index (χ1n) is 10.6. The number of hydrogen-bond acceptors (Lipinski definition) is 11. The number of benzene rings is 1. The molecule has 12 nitrogen and oxygen atoms in total. The molecule has 4 rings (SSSR count). The number of nitrogens with one attached hydrogen (secondary N) is 3. The molecule has 0 radical (unpaired) electrons. The van der Waals surface area contributed by atoms with E-state index in [0.29, 0.717) is 64.9 Å². The van der Waals surface area contributed by atoms with Gasteiger partial charge in [-0.05, 0) is 30.3 Å². The lowest BCUT2D eigenvalue weighted by atomic mass is 10.1. The lowest BCUT2D eigenvalue weighted by molar-refractivity contribution is -0.118. The summed E-state index contributed by atoms with van der Waals surface area (Å²) in [4.78, 5) is 27.2. The Labute approximate surface area is 210 Å². The molecule has 2 aromatic heterocycles. The Bertz CT molecular complexity index is 1230. The van der Waals surface area contributed by atoms with Gasteiger partial charge in [0.2, 0.25) is 11.9 Å². The third-order valence-electron chi connectivity index (χ3n) is 5.17. The second kappa shape index (κ2) is 10.9. The number of rotatable bonds is 8. The van der Waals surface area contributed by atoms with Crippen molar-refractivity contribution < 1.29 is 15.2 Å². The highest BCUT2D eigenvalue weighted by atomic mass is 35.5. The Morgan fingerprint density at radius 1 is 1.14 bits per heavy atom. The molecule has 0 saturated carbocycles. The Kier molecular flexibility index (Phi) is 7.68. The standard InChI is InChI=1S/C21H23Cl2N9O3/c22-12-1-2-13(14(23)9-12)19-16(31-8-7-25-11-18(31)33)10-28-21(30-19)27-6-5-26-17-4-3-15(32(34)35)20(24)29-17/h1-4,9-10,25,34-35H,5-8,11H2,(H3,24,26,29)(H,27,28,30). The van der Waals surface area contributed by atoms with E-state index in [1.807, 2.05) is 0 Å². The van der Waals surface area contributed by atoms with Crippen LogP contribution < -0.4 is 31.8 Å². The second-order valence-electron chi connectivity index (χ2n) is 7.52. The fourth-order valence-electron chi connectivity index (χ4n) is 3.50. The molecular formula is C21H23Cl2N9O3. The number of anilines is 5. The van der Waals surface area contributed by atoms with Gasteiger partial charge in [-0.25, -0.2) is 15.0 Å². The van der Waals surface area contributed by atoms with Crippen LogP contribution in [0.4, 0.5) is 29.0 Å². The molecule has 1 aliphatic heterocycles. The Morgan fingerprint density at radius 2 is 1.94 bits per heavy atom. The Balaban J connectivity index is 1.50. The number of pyridine rings is 1. The van der Waals surface area contributed by atoms with Gasteiger partial charge in [0, 0.05) is 36.8 Å². The van der Waals surface area contributed by atoms with Crippen LogP contribution in [-0.2, 0) is 4.79 Å². The maximum absolute atomic E-state index is 12.5. The lowest BCUT2D eigenvalue weighted by Gasteiger charge is -2.28. The van der Waals surface area contributed by atoms with Crippen molar-refractivity contribution in [3.05, 3.63) is 46.6 Å². The van der Waals surface area contributed by atoms with E-state index >= 15 is 0 Å². The summed E-state index contributed by atoms with van der Waals surface area (Å²) in [6, 6.07) is 8.06. The number of nitrogens with zero attached hydrogens (tertiary/aromatic N) is 5. The third-order valence-corrected chi connectivity index (χ3v) is 5.72. The summed E-state index contributed by atoms with van der Waals surface area (Å²) in [5.41, 5.74) is 7.37. The van der Waals surface area contributed by atoms with E-state index in [2.05, 4.69) is 30.9 Å². The molecule has 1 saturated heterocycles. The van der Waals surface area contributed by atoms with Gasteiger partial charge in [-0.1, -0.05) is 23.2 Å². The summed E-state index contributed by atoms with van der Waals surface area (Å²) >= 11 is 12.5. The van der Waals surface area contributed by atoms with Gasteiger partial charge in [0.15, 0.2) is 5.82 Å². The maximum atomic E-state index is 12.5. The summed E-state index contributed by atoms with van der Waals surface area (Å²) in [5, 5.41) is 28.2. The fraction of sp³-hybridized carbons (Fsp3) is 0.238. The first kappa shape index (κ1) is 24.7. The number of hydrogen-bond donors (Lipinski definition) is 6. The zero-order valence-electron chi connectivity index (χ0n) is 18.4. The minimum absolute atomic E-state index is 0.0291. The van der Waals surface area contributed by atoms with Crippen molar-refractivity contribution in [3.63, 3.8) is 0 Å². The Hall–Kier alpha value is -3.42. The number of halogens is 2. The van der Waals surface area contributed by atoms with Gasteiger partial charge in [-0.3, -0.25) is 15.2 Å². The predicted molar refractivity (Wildman–Crippen MR) is 134 cm³/mol. The highest BCUT2D eigenvalue weighted by Gasteiger charge is 2.25. The summed E-state index contributed by atoms with van der Waals surface area (Å²) in [6.07, 6.45) is 1.60. The number of carbonyl (C=O) groups is 1. The second-order valence-corrected chi connectivity index (χ2v) is 8.36. The molecule has 1 amide bonds.